The summed E-state index contributed by atoms with van der Waals surface area (Å²) < 4.78 is 0. The lowest BCUT2D eigenvalue weighted by Gasteiger charge is -2.21. The van der Waals surface area contributed by atoms with Crippen molar-refractivity contribution < 1.29 is 4.79 Å². The summed E-state index contributed by atoms with van der Waals surface area (Å²) in [7, 11) is 0. The third-order valence-corrected chi connectivity index (χ3v) is 5.03. The molecule has 116 valence electrons. The second kappa shape index (κ2) is 6.55. The third kappa shape index (κ3) is 3.20. The van der Waals surface area contributed by atoms with Gasteiger partial charge in [0.15, 0.2) is 0 Å². The Morgan fingerprint density at radius 2 is 2.10 bits per heavy atom. The van der Waals surface area contributed by atoms with E-state index in [2.05, 4.69) is 6.92 Å². The molecule has 5 heteroatoms. The highest BCUT2D eigenvalue weighted by Gasteiger charge is 2.48. The Hall–Kier alpha value is -0.770. The first kappa shape index (κ1) is 16.6. The van der Waals surface area contributed by atoms with Crippen LogP contribution in [0.15, 0.2) is 24.3 Å². The normalized spacial score (nSPS) is 30.9. The standard InChI is InChI=1S/C16H21ClN2O.ClH/c1-10-6-11(8-18)9-19(10)16(20)14-7-13(14)12-4-2-3-5-15(12)17;/h2-5,10-11,13-14H,6-9,18H2,1H3;1H. The fourth-order valence-corrected chi connectivity index (χ4v) is 3.70. The molecule has 21 heavy (non-hydrogen) atoms. The highest BCUT2D eigenvalue weighted by atomic mass is 35.5. The molecule has 2 N–H and O–H groups in total. The zero-order valence-corrected chi connectivity index (χ0v) is 13.7. The molecule has 1 saturated carbocycles. The van der Waals surface area contributed by atoms with E-state index in [0.717, 1.165) is 30.0 Å². The lowest BCUT2D eigenvalue weighted by Crippen LogP contribution is -2.35. The molecule has 0 bridgehead atoms. The number of halogens is 2. The summed E-state index contributed by atoms with van der Waals surface area (Å²) in [6.07, 6.45) is 1.96. The lowest BCUT2D eigenvalue weighted by molar-refractivity contribution is -0.133. The zero-order chi connectivity index (χ0) is 14.3. The van der Waals surface area contributed by atoms with E-state index in [9.17, 15) is 4.79 Å². The molecule has 0 aromatic heterocycles. The zero-order valence-electron chi connectivity index (χ0n) is 12.2. The van der Waals surface area contributed by atoms with Gasteiger partial charge in [0.2, 0.25) is 5.91 Å². The second-order valence-corrected chi connectivity index (χ2v) is 6.55. The first-order valence-corrected chi connectivity index (χ1v) is 7.74. The summed E-state index contributed by atoms with van der Waals surface area (Å²) in [6, 6.07) is 8.18. The Kier molecular flexibility index (Phi) is 5.18. The molecule has 0 spiro atoms. The molecule has 2 fully saturated rings. The molecule has 1 heterocycles. The van der Waals surface area contributed by atoms with Gasteiger partial charge >= 0.3 is 0 Å². The SMILES string of the molecule is CC1CC(CN)CN1C(=O)C1CC1c1ccccc1Cl.Cl. The fraction of sp³-hybridized carbons (Fsp3) is 0.562. The minimum atomic E-state index is 0. The summed E-state index contributed by atoms with van der Waals surface area (Å²) in [5, 5.41) is 0.780. The van der Waals surface area contributed by atoms with Gasteiger partial charge in [-0.2, -0.15) is 0 Å². The predicted molar refractivity (Wildman–Crippen MR) is 87.9 cm³/mol. The van der Waals surface area contributed by atoms with Crippen molar-refractivity contribution in [2.45, 2.75) is 31.7 Å². The Balaban J connectivity index is 0.00000161. The summed E-state index contributed by atoms with van der Waals surface area (Å²) in [5.74, 6) is 1.18. The summed E-state index contributed by atoms with van der Waals surface area (Å²) in [5.41, 5.74) is 6.85. The van der Waals surface area contributed by atoms with Crippen molar-refractivity contribution in [3.8, 4) is 0 Å². The smallest absolute Gasteiger partial charge is 0.226 e. The predicted octanol–water partition coefficient (Wildman–Crippen LogP) is 3.06. The van der Waals surface area contributed by atoms with E-state index in [-0.39, 0.29) is 18.3 Å². The third-order valence-electron chi connectivity index (χ3n) is 4.69. The maximum atomic E-state index is 12.6. The quantitative estimate of drug-likeness (QED) is 0.926. The number of nitrogens with two attached hydrogens (primary N) is 1. The maximum Gasteiger partial charge on any atom is 0.226 e. The number of carbonyl (C=O) groups is 1. The van der Waals surface area contributed by atoms with Gasteiger partial charge in [0.25, 0.3) is 0 Å². The second-order valence-electron chi connectivity index (χ2n) is 6.15. The summed E-state index contributed by atoms with van der Waals surface area (Å²) >= 11 is 6.22. The van der Waals surface area contributed by atoms with Gasteiger partial charge in [0.05, 0.1) is 0 Å². The number of hydrogen-bond acceptors (Lipinski definition) is 2. The molecular formula is C16H22Cl2N2O. The molecule has 1 aliphatic heterocycles. The number of likely N-dealkylation sites (tertiary alicyclic amines) is 1. The molecule has 1 aliphatic carbocycles. The Labute approximate surface area is 137 Å². The first-order chi connectivity index (χ1) is 9.61. The number of carbonyl (C=O) groups excluding carboxylic acids is 1. The number of nitrogens with zero attached hydrogens (tertiary/aromatic N) is 1. The van der Waals surface area contributed by atoms with Gasteiger partial charge in [0.1, 0.15) is 0 Å². The van der Waals surface area contributed by atoms with E-state index in [1.54, 1.807) is 0 Å². The summed E-state index contributed by atoms with van der Waals surface area (Å²) in [6.45, 7) is 3.62. The number of rotatable bonds is 3. The van der Waals surface area contributed by atoms with Crippen LogP contribution in [-0.2, 0) is 4.79 Å². The van der Waals surface area contributed by atoms with Gasteiger partial charge in [-0.25, -0.2) is 0 Å². The van der Waals surface area contributed by atoms with Crippen molar-refractivity contribution in [2.24, 2.45) is 17.6 Å². The first-order valence-electron chi connectivity index (χ1n) is 7.36. The minimum absolute atomic E-state index is 0. The highest BCUT2D eigenvalue weighted by Crippen LogP contribution is 2.51. The van der Waals surface area contributed by atoms with E-state index in [0.29, 0.717) is 30.3 Å². The molecule has 1 amide bonds. The minimum Gasteiger partial charge on any atom is -0.339 e. The fourth-order valence-electron chi connectivity index (χ4n) is 3.42. The molecule has 4 unspecified atom stereocenters. The van der Waals surface area contributed by atoms with Gasteiger partial charge in [-0.05, 0) is 49.8 Å². The number of hydrogen-bond donors (Lipinski definition) is 1. The summed E-state index contributed by atoms with van der Waals surface area (Å²) in [4.78, 5) is 14.6. The van der Waals surface area contributed by atoms with Crippen molar-refractivity contribution >= 4 is 29.9 Å². The van der Waals surface area contributed by atoms with Crippen LogP contribution in [0.4, 0.5) is 0 Å². The van der Waals surface area contributed by atoms with E-state index >= 15 is 0 Å². The van der Waals surface area contributed by atoms with Crippen LogP contribution in [0.1, 0.15) is 31.2 Å². The van der Waals surface area contributed by atoms with Crippen molar-refractivity contribution in [3.63, 3.8) is 0 Å². The van der Waals surface area contributed by atoms with Gasteiger partial charge < -0.3 is 10.6 Å². The van der Waals surface area contributed by atoms with Crippen LogP contribution in [0.2, 0.25) is 5.02 Å². The van der Waals surface area contributed by atoms with E-state index in [4.69, 9.17) is 17.3 Å². The van der Waals surface area contributed by atoms with E-state index in [1.807, 2.05) is 29.2 Å². The molecule has 0 radical (unpaired) electrons. The van der Waals surface area contributed by atoms with Gasteiger partial charge in [-0.15, -0.1) is 12.4 Å². The molecule has 1 aromatic carbocycles. The van der Waals surface area contributed by atoms with E-state index < -0.39 is 0 Å². The van der Waals surface area contributed by atoms with Crippen molar-refractivity contribution in [1.29, 1.82) is 0 Å². The van der Waals surface area contributed by atoms with Crippen LogP contribution < -0.4 is 5.73 Å². The molecule has 1 saturated heterocycles. The average molecular weight is 329 g/mol. The van der Waals surface area contributed by atoms with E-state index in [1.165, 1.54) is 0 Å². The van der Waals surface area contributed by atoms with Crippen LogP contribution in [0, 0.1) is 11.8 Å². The number of amides is 1. The van der Waals surface area contributed by atoms with Crippen molar-refractivity contribution in [3.05, 3.63) is 34.9 Å². The van der Waals surface area contributed by atoms with Crippen LogP contribution in [-0.4, -0.2) is 29.9 Å². The van der Waals surface area contributed by atoms with Gasteiger partial charge in [-0.3, -0.25) is 4.79 Å². The van der Waals surface area contributed by atoms with Crippen molar-refractivity contribution in [2.75, 3.05) is 13.1 Å². The topological polar surface area (TPSA) is 46.3 Å². The van der Waals surface area contributed by atoms with Gasteiger partial charge in [-0.1, -0.05) is 29.8 Å². The number of benzene rings is 1. The van der Waals surface area contributed by atoms with Gasteiger partial charge in [0, 0.05) is 23.5 Å². The molecule has 3 rings (SSSR count). The molecule has 1 aromatic rings. The average Bonchev–Trinajstić information content (AvgIpc) is 3.14. The largest absolute Gasteiger partial charge is 0.339 e. The Bertz CT molecular complexity index is 523. The van der Waals surface area contributed by atoms with Crippen LogP contribution in [0.25, 0.3) is 0 Å². The maximum absolute atomic E-state index is 12.6. The molecular weight excluding hydrogens is 307 g/mol. The Morgan fingerprint density at radius 3 is 2.71 bits per heavy atom. The Morgan fingerprint density at radius 1 is 1.38 bits per heavy atom. The van der Waals surface area contributed by atoms with Crippen LogP contribution in [0.5, 0.6) is 0 Å². The molecule has 3 nitrogen and oxygen atoms in total. The molecule has 2 aliphatic rings. The van der Waals surface area contributed by atoms with Crippen molar-refractivity contribution in [1.82, 2.24) is 4.90 Å². The van der Waals surface area contributed by atoms with Crippen LogP contribution in [0.3, 0.4) is 0 Å². The molecule has 4 atom stereocenters. The lowest BCUT2D eigenvalue weighted by atomic mass is 10.1. The highest BCUT2D eigenvalue weighted by molar-refractivity contribution is 6.31. The monoisotopic (exact) mass is 328 g/mol. The van der Waals surface area contributed by atoms with Crippen LogP contribution >= 0.6 is 24.0 Å².